The second-order valence-corrected chi connectivity index (χ2v) is 8.94. The van der Waals surface area contributed by atoms with Crippen molar-refractivity contribution in [1.29, 1.82) is 5.26 Å². The van der Waals surface area contributed by atoms with Crippen molar-refractivity contribution in [3.05, 3.63) is 41.5 Å². The third-order valence-electron chi connectivity index (χ3n) is 6.63. The monoisotopic (exact) mass is 447 g/mol. The minimum absolute atomic E-state index is 0.0626. The number of nitrogens with one attached hydrogen (secondary N) is 1. The lowest BCUT2D eigenvalue weighted by atomic mass is 9.84. The van der Waals surface area contributed by atoms with Crippen LogP contribution in [0.15, 0.2) is 30.3 Å². The second kappa shape index (κ2) is 11.5. The Morgan fingerprint density at radius 3 is 2.47 bits per heavy atom. The van der Waals surface area contributed by atoms with E-state index in [1.54, 1.807) is 12.1 Å². The number of hydrogen-bond donors (Lipinski definition) is 1. The van der Waals surface area contributed by atoms with E-state index in [-0.39, 0.29) is 11.9 Å². The molecule has 1 N–H and O–H groups in total. The Kier molecular flexibility index (Phi) is 8.75. The molecule has 0 spiro atoms. The molecule has 1 heterocycles. The summed E-state index contributed by atoms with van der Waals surface area (Å²) in [6.45, 7) is 2.80. The van der Waals surface area contributed by atoms with Crippen LogP contribution < -0.4 is 5.32 Å². The summed E-state index contributed by atoms with van der Waals surface area (Å²) >= 11 is 0. The van der Waals surface area contributed by atoms with E-state index in [1.807, 2.05) is 0 Å². The SMILES string of the molecule is N#CCCCC(=O)N[C@H]1CC[C@H](CCN2CC=C(c3ccc(C(F)(F)F)cc3)CC2)CC1. The zero-order valence-corrected chi connectivity index (χ0v) is 18.5. The van der Waals surface area contributed by atoms with E-state index < -0.39 is 11.7 Å². The zero-order chi connectivity index (χ0) is 23.0. The lowest BCUT2D eigenvalue weighted by Gasteiger charge is -2.32. The van der Waals surface area contributed by atoms with Gasteiger partial charge in [0.1, 0.15) is 0 Å². The molecular formula is C25H32F3N3O. The zero-order valence-electron chi connectivity index (χ0n) is 18.5. The van der Waals surface area contributed by atoms with Crippen LogP contribution in [-0.2, 0) is 11.0 Å². The van der Waals surface area contributed by atoms with Crippen molar-refractivity contribution in [3.63, 3.8) is 0 Å². The first-order chi connectivity index (χ1) is 15.3. The summed E-state index contributed by atoms with van der Waals surface area (Å²) in [4.78, 5) is 14.3. The number of hydrogen-bond acceptors (Lipinski definition) is 3. The topological polar surface area (TPSA) is 56.1 Å². The number of nitriles is 1. The van der Waals surface area contributed by atoms with Gasteiger partial charge in [-0.2, -0.15) is 18.4 Å². The Hall–Kier alpha value is -2.33. The predicted octanol–water partition coefficient (Wildman–Crippen LogP) is 5.55. The molecule has 0 unspecified atom stereocenters. The van der Waals surface area contributed by atoms with Gasteiger partial charge in [-0.25, -0.2) is 0 Å². The molecule has 0 atom stereocenters. The van der Waals surface area contributed by atoms with Gasteiger partial charge in [-0.15, -0.1) is 0 Å². The highest BCUT2D eigenvalue weighted by molar-refractivity contribution is 5.76. The molecule has 1 amide bonds. The van der Waals surface area contributed by atoms with Gasteiger partial charge in [0.05, 0.1) is 11.6 Å². The number of carbonyl (C=O) groups is 1. The Labute approximate surface area is 188 Å². The van der Waals surface area contributed by atoms with E-state index in [2.05, 4.69) is 22.4 Å². The van der Waals surface area contributed by atoms with Gasteiger partial charge in [-0.3, -0.25) is 9.69 Å². The van der Waals surface area contributed by atoms with Crippen LogP contribution in [0.3, 0.4) is 0 Å². The quantitative estimate of drug-likeness (QED) is 0.532. The highest BCUT2D eigenvalue weighted by Crippen LogP contribution is 2.32. The number of benzene rings is 1. The second-order valence-electron chi connectivity index (χ2n) is 8.94. The number of halogens is 3. The fourth-order valence-electron chi connectivity index (χ4n) is 4.64. The third-order valence-corrected chi connectivity index (χ3v) is 6.63. The van der Waals surface area contributed by atoms with E-state index in [0.29, 0.717) is 25.2 Å². The molecule has 3 rings (SSSR count). The number of alkyl halides is 3. The van der Waals surface area contributed by atoms with Crippen molar-refractivity contribution >= 4 is 11.5 Å². The van der Waals surface area contributed by atoms with E-state index in [1.165, 1.54) is 0 Å². The molecule has 1 aromatic rings. The minimum Gasteiger partial charge on any atom is -0.353 e. The largest absolute Gasteiger partial charge is 0.416 e. The van der Waals surface area contributed by atoms with Crippen molar-refractivity contribution in [1.82, 2.24) is 10.2 Å². The maximum atomic E-state index is 12.7. The first kappa shape index (κ1) is 24.3. The number of nitrogens with zero attached hydrogens (tertiary/aromatic N) is 2. The molecule has 4 nitrogen and oxygen atoms in total. The van der Waals surface area contributed by atoms with Crippen LogP contribution in [0.1, 0.15) is 68.9 Å². The molecule has 1 aliphatic carbocycles. The molecule has 174 valence electrons. The summed E-state index contributed by atoms with van der Waals surface area (Å²) in [5.74, 6) is 0.745. The summed E-state index contributed by atoms with van der Waals surface area (Å²) in [6, 6.07) is 7.80. The Morgan fingerprint density at radius 1 is 1.16 bits per heavy atom. The van der Waals surface area contributed by atoms with Crippen LogP contribution in [0.2, 0.25) is 0 Å². The predicted molar refractivity (Wildman–Crippen MR) is 118 cm³/mol. The van der Waals surface area contributed by atoms with Gasteiger partial charge in [-0.05, 0) is 80.7 Å². The molecule has 2 aliphatic rings. The van der Waals surface area contributed by atoms with E-state index >= 15 is 0 Å². The molecule has 1 aromatic carbocycles. The maximum absolute atomic E-state index is 12.7. The van der Waals surface area contributed by atoms with E-state index in [0.717, 1.165) is 81.4 Å². The standard InChI is InChI=1S/C25H32F3N3O/c26-25(27,28)22-8-6-20(7-9-22)21-13-17-31(18-14-21)16-12-19-4-10-23(11-5-19)30-24(32)3-1-2-15-29/h6-9,13,19,23H,1-5,10-12,14,16-18H2,(H,30,32)/t19-,23-. The minimum atomic E-state index is -4.29. The normalized spacial score (nSPS) is 22.1. The molecule has 0 saturated heterocycles. The van der Waals surface area contributed by atoms with E-state index in [4.69, 9.17) is 5.26 Å². The number of amides is 1. The maximum Gasteiger partial charge on any atom is 0.416 e. The average molecular weight is 448 g/mol. The Morgan fingerprint density at radius 2 is 1.88 bits per heavy atom. The highest BCUT2D eigenvalue weighted by atomic mass is 19.4. The van der Waals surface area contributed by atoms with Crippen LogP contribution in [0.4, 0.5) is 13.2 Å². The van der Waals surface area contributed by atoms with Gasteiger partial charge in [0.2, 0.25) is 5.91 Å². The Bertz CT molecular complexity index is 818. The lowest BCUT2D eigenvalue weighted by Crippen LogP contribution is -2.38. The average Bonchev–Trinajstić information content (AvgIpc) is 2.79. The molecule has 1 aliphatic heterocycles. The summed E-state index contributed by atoms with van der Waals surface area (Å²) < 4.78 is 38.2. The molecule has 1 saturated carbocycles. The lowest BCUT2D eigenvalue weighted by molar-refractivity contribution is -0.137. The van der Waals surface area contributed by atoms with Crippen molar-refractivity contribution in [2.24, 2.45) is 5.92 Å². The van der Waals surface area contributed by atoms with Gasteiger partial charge in [0.25, 0.3) is 0 Å². The molecule has 0 aromatic heterocycles. The smallest absolute Gasteiger partial charge is 0.353 e. The van der Waals surface area contributed by atoms with Crippen molar-refractivity contribution in [2.45, 2.75) is 70.0 Å². The number of unbranched alkanes of at least 4 members (excludes halogenated alkanes) is 1. The summed E-state index contributed by atoms with van der Waals surface area (Å²) in [5.41, 5.74) is 1.40. The van der Waals surface area contributed by atoms with Gasteiger partial charge in [0.15, 0.2) is 0 Å². The molecule has 0 bridgehead atoms. The van der Waals surface area contributed by atoms with E-state index in [9.17, 15) is 18.0 Å². The van der Waals surface area contributed by atoms with Crippen molar-refractivity contribution in [3.8, 4) is 6.07 Å². The molecule has 7 heteroatoms. The van der Waals surface area contributed by atoms with Crippen molar-refractivity contribution < 1.29 is 18.0 Å². The van der Waals surface area contributed by atoms with Crippen LogP contribution in [0.25, 0.3) is 5.57 Å². The summed E-state index contributed by atoms with van der Waals surface area (Å²) in [7, 11) is 0. The summed E-state index contributed by atoms with van der Waals surface area (Å²) in [6.07, 6.45) is 5.64. The Balaban J connectivity index is 1.35. The van der Waals surface area contributed by atoms with Crippen LogP contribution in [0, 0.1) is 17.2 Å². The van der Waals surface area contributed by atoms with Gasteiger partial charge in [-0.1, -0.05) is 18.2 Å². The molecule has 0 radical (unpaired) electrons. The fourth-order valence-corrected chi connectivity index (χ4v) is 4.64. The first-order valence-corrected chi connectivity index (χ1v) is 11.6. The summed E-state index contributed by atoms with van der Waals surface area (Å²) in [5, 5.41) is 11.7. The van der Waals surface area contributed by atoms with Gasteiger partial charge >= 0.3 is 6.18 Å². The molecule has 32 heavy (non-hydrogen) atoms. The van der Waals surface area contributed by atoms with Gasteiger partial charge < -0.3 is 5.32 Å². The van der Waals surface area contributed by atoms with Crippen molar-refractivity contribution in [2.75, 3.05) is 19.6 Å². The highest BCUT2D eigenvalue weighted by Gasteiger charge is 2.30. The van der Waals surface area contributed by atoms with Crippen LogP contribution in [-0.4, -0.2) is 36.5 Å². The van der Waals surface area contributed by atoms with Crippen LogP contribution in [0.5, 0.6) is 0 Å². The molecular weight excluding hydrogens is 415 g/mol. The molecule has 1 fully saturated rings. The first-order valence-electron chi connectivity index (χ1n) is 11.6. The van der Waals surface area contributed by atoms with Gasteiger partial charge in [0, 0.05) is 32.0 Å². The third kappa shape index (κ3) is 7.37. The number of carbonyl (C=O) groups excluding carboxylic acids is 1. The fraction of sp³-hybridized carbons (Fsp3) is 0.600. The van der Waals surface area contributed by atoms with Crippen LogP contribution >= 0.6 is 0 Å². The number of rotatable bonds is 8.